The Balaban J connectivity index is 2.51. The van der Waals surface area contributed by atoms with Gasteiger partial charge in [0.15, 0.2) is 6.10 Å². The molecular formula is C49H81O13P. The molecule has 0 aliphatic heterocycles. The molecule has 0 heterocycles. The van der Waals surface area contributed by atoms with Gasteiger partial charge in [-0.2, -0.15) is 0 Å². The van der Waals surface area contributed by atoms with E-state index in [0.717, 1.165) is 89.9 Å². The van der Waals surface area contributed by atoms with E-state index in [0.29, 0.717) is 19.3 Å². The fourth-order valence-electron chi connectivity index (χ4n) is 6.47. The van der Waals surface area contributed by atoms with Crippen molar-refractivity contribution in [2.75, 3.05) is 13.2 Å². The molecule has 0 aromatic heterocycles. The van der Waals surface area contributed by atoms with Crippen LogP contribution in [0.15, 0.2) is 85.1 Å². The van der Waals surface area contributed by atoms with E-state index in [4.69, 9.17) is 18.5 Å². The van der Waals surface area contributed by atoms with E-state index in [1.54, 1.807) is 0 Å². The number of phosphoric acid groups is 1. The van der Waals surface area contributed by atoms with Crippen molar-refractivity contribution in [3.63, 3.8) is 0 Å². The van der Waals surface area contributed by atoms with Crippen molar-refractivity contribution < 1.29 is 63.1 Å². The molecule has 0 saturated heterocycles. The molecule has 360 valence electrons. The van der Waals surface area contributed by atoms with E-state index in [1.165, 1.54) is 19.3 Å². The van der Waals surface area contributed by atoms with Crippen molar-refractivity contribution >= 4 is 19.8 Å². The second kappa shape index (κ2) is 38.3. The number of aliphatic hydroxyl groups excluding tert-OH is 5. The minimum atomic E-state index is -5.14. The summed E-state index contributed by atoms with van der Waals surface area (Å²) in [7, 11) is -5.14. The Bertz CT molecular complexity index is 1420. The molecule has 1 fully saturated rings. The molecule has 0 spiro atoms. The number of ether oxygens (including phenoxy) is 2. The quantitative estimate of drug-likeness (QED) is 0.0149. The maximum atomic E-state index is 12.8. The zero-order chi connectivity index (χ0) is 46.4. The van der Waals surface area contributed by atoms with Crippen molar-refractivity contribution in [3.8, 4) is 0 Å². The van der Waals surface area contributed by atoms with Crippen LogP contribution in [-0.2, 0) is 32.7 Å². The third kappa shape index (κ3) is 30.7. The molecule has 6 unspecified atom stereocenters. The van der Waals surface area contributed by atoms with Gasteiger partial charge < -0.3 is 39.9 Å². The van der Waals surface area contributed by atoms with Gasteiger partial charge in [-0.05, 0) is 83.5 Å². The maximum Gasteiger partial charge on any atom is 0.472 e. The summed E-state index contributed by atoms with van der Waals surface area (Å²) < 4.78 is 33.5. The lowest BCUT2D eigenvalue weighted by molar-refractivity contribution is -0.220. The molecule has 63 heavy (non-hydrogen) atoms. The number of hydrogen-bond donors (Lipinski definition) is 6. The van der Waals surface area contributed by atoms with Gasteiger partial charge in [-0.15, -0.1) is 0 Å². The standard InChI is InChI=1S/C49H81O13P/c1-3-5-7-9-11-13-15-17-19-21-23-25-27-29-31-33-35-37-42(50)59-39-41(40-60-63(57,58)62-49-47(55)45(53)44(52)46(54)48(49)56)61-43(51)38-36-34-32-30-28-26-24-22-20-18-16-14-12-10-8-6-4-2/h5,7,11-14,17-20,23,25,29,31,41,44-49,52-56H,3-4,6,8-10,15-16,21-22,24,26-28,30,32-40H2,1-2H3,(H,57,58)/b7-5-,13-11-,14-12-,19-17-,20-18-,25-23-,31-29-/t41-,44?,45-,46?,47?,48?,49?/m1/s1. The number of esters is 2. The lowest BCUT2D eigenvalue weighted by Gasteiger charge is -2.41. The Kier molecular flexibility index (Phi) is 35.3. The zero-order valence-corrected chi connectivity index (χ0v) is 39.0. The monoisotopic (exact) mass is 909 g/mol. The molecule has 0 aromatic carbocycles. The molecule has 0 aromatic rings. The maximum absolute atomic E-state index is 12.8. The molecular weight excluding hydrogens is 827 g/mol. The summed E-state index contributed by atoms with van der Waals surface area (Å²) in [6.45, 7) is 3.09. The summed E-state index contributed by atoms with van der Waals surface area (Å²) in [5.74, 6) is -1.18. The first-order valence-corrected chi connectivity index (χ1v) is 24.9. The van der Waals surface area contributed by atoms with E-state index < -0.39 is 75.7 Å². The van der Waals surface area contributed by atoms with Gasteiger partial charge in [0.05, 0.1) is 6.61 Å². The molecule has 1 aliphatic carbocycles. The van der Waals surface area contributed by atoms with Crippen LogP contribution in [0.2, 0.25) is 0 Å². The molecule has 1 rings (SSSR count). The number of unbranched alkanes of at least 4 members (excludes halogenated alkanes) is 11. The molecule has 6 N–H and O–H groups in total. The summed E-state index contributed by atoms with van der Waals surface area (Å²) in [5, 5.41) is 50.2. The van der Waals surface area contributed by atoms with Crippen molar-refractivity contribution in [2.24, 2.45) is 0 Å². The average molecular weight is 909 g/mol. The lowest BCUT2D eigenvalue weighted by atomic mass is 9.85. The van der Waals surface area contributed by atoms with Gasteiger partial charge in [-0.25, -0.2) is 4.57 Å². The van der Waals surface area contributed by atoms with Crippen molar-refractivity contribution in [1.82, 2.24) is 0 Å². The van der Waals surface area contributed by atoms with Crippen LogP contribution in [0.3, 0.4) is 0 Å². The van der Waals surface area contributed by atoms with Gasteiger partial charge in [0.1, 0.15) is 43.2 Å². The molecule has 0 radical (unpaired) electrons. The van der Waals surface area contributed by atoms with Gasteiger partial charge in [0, 0.05) is 12.8 Å². The highest BCUT2D eigenvalue weighted by molar-refractivity contribution is 7.47. The number of aliphatic hydroxyl groups is 5. The normalized spacial score (nSPS) is 22.5. The highest BCUT2D eigenvalue weighted by Gasteiger charge is 2.51. The predicted octanol–water partition coefficient (Wildman–Crippen LogP) is 9.28. The topological polar surface area (TPSA) is 210 Å². The summed E-state index contributed by atoms with van der Waals surface area (Å²) in [5.41, 5.74) is 0. The Morgan fingerprint density at radius 3 is 1.43 bits per heavy atom. The summed E-state index contributed by atoms with van der Waals surface area (Å²) in [6.07, 6.45) is 36.4. The first-order chi connectivity index (χ1) is 30.4. The van der Waals surface area contributed by atoms with Crippen LogP contribution >= 0.6 is 7.82 Å². The molecule has 1 aliphatic rings. The van der Waals surface area contributed by atoms with Crippen LogP contribution in [0.1, 0.15) is 155 Å². The van der Waals surface area contributed by atoms with Crippen molar-refractivity contribution in [3.05, 3.63) is 85.1 Å². The van der Waals surface area contributed by atoms with Gasteiger partial charge in [0.25, 0.3) is 0 Å². The van der Waals surface area contributed by atoms with Crippen LogP contribution in [0, 0.1) is 0 Å². The Morgan fingerprint density at radius 1 is 0.508 bits per heavy atom. The minimum Gasteiger partial charge on any atom is -0.462 e. The number of carbonyl (C=O) groups excluding carboxylic acids is 2. The van der Waals surface area contributed by atoms with E-state index in [2.05, 4.69) is 86.8 Å². The van der Waals surface area contributed by atoms with Crippen LogP contribution < -0.4 is 0 Å². The van der Waals surface area contributed by atoms with Crippen LogP contribution in [0.5, 0.6) is 0 Å². The van der Waals surface area contributed by atoms with E-state index in [9.17, 15) is 44.6 Å². The summed E-state index contributed by atoms with van der Waals surface area (Å²) >= 11 is 0. The molecule has 13 nitrogen and oxygen atoms in total. The highest BCUT2D eigenvalue weighted by Crippen LogP contribution is 2.47. The first-order valence-electron chi connectivity index (χ1n) is 23.4. The lowest BCUT2D eigenvalue weighted by Crippen LogP contribution is -2.64. The van der Waals surface area contributed by atoms with Crippen molar-refractivity contribution in [1.29, 1.82) is 0 Å². The Hall–Kier alpha value is -2.97. The molecule has 8 atom stereocenters. The van der Waals surface area contributed by atoms with Gasteiger partial charge in [-0.3, -0.25) is 18.6 Å². The number of carbonyl (C=O) groups is 2. The van der Waals surface area contributed by atoms with E-state index in [1.807, 2.05) is 12.2 Å². The third-order valence-electron chi connectivity index (χ3n) is 10.2. The number of allylic oxidation sites excluding steroid dienone is 14. The van der Waals surface area contributed by atoms with Gasteiger partial charge in [0.2, 0.25) is 0 Å². The second-order valence-electron chi connectivity index (χ2n) is 15.9. The van der Waals surface area contributed by atoms with Crippen LogP contribution in [-0.4, -0.2) is 98.3 Å². The van der Waals surface area contributed by atoms with E-state index >= 15 is 0 Å². The molecule has 1 saturated carbocycles. The summed E-state index contributed by atoms with van der Waals surface area (Å²) in [4.78, 5) is 35.7. The second-order valence-corrected chi connectivity index (χ2v) is 17.3. The van der Waals surface area contributed by atoms with Crippen LogP contribution in [0.25, 0.3) is 0 Å². The SMILES string of the molecule is CC/C=C\C/C=C\C/C=C\C/C=C\C/C=C\CCCC(=O)OC[C@H](COP(=O)(O)OC1C(O)C(O)C(O)[C@@H](O)C1O)OC(=O)CCCCCCCCC/C=C\C/C=C\CCCCC. The average Bonchev–Trinajstić information content (AvgIpc) is 3.26. The fourth-order valence-corrected chi connectivity index (χ4v) is 7.44. The van der Waals surface area contributed by atoms with E-state index in [-0.39, 0.29) is 12.8 Å². The summed E-state index contributed by atoms with van der Waals surface area (Å²) in [6, 6.07) is 0. The Labute approximate surface area is 378 Å². The minimum absolute atomic E-state index is 0.0708. The Morgan fingerprint density at radius 2 is 0.921 bits per heavy atom. The number of rotatable bonds is 37. The zero-order valence-electron chi connectivity index (χ0n) is 38.1. The smallest absolute Gasteiger partial charge is 0.462 e. The molecule has 0 amide bonds. The van der Waals surface area contributed by atoms with Crippen LogP contribution in [0.4, 0.5) is 0 Å². The van der Waals surface area contributed by atoms with Crippen molar-refractivity contribution in [2.45, 2.75) is 198 Å². The first kappa shape index (κ1) is 58.0. The number of hydrogen-bond acceptors (Lipinski definition) is 12. The highest BCUT2D eigenvalue weighted by atomic mass is 31.2. The van der Waals surface area contributed by atoms with Gasteiger partial charge in [-0.1, -0.05) is 144 Å². The molecule has 0 bridgehead atoms. The number of phosphoric ester groups is 1. The predicted molar refractivity (Wildman–Crippen MR) is 248 cm³/mol. The fraction of sp³-hybridized carbons (Fsp3) is 0.673. The molecule has 14 heteroatoms. The largest absolute Gasteiger partial charge is 0.472 e. The third-order valence-corrected chi connectivity index (χ3v) is 11.2. The van der Waals surface area contributed by atoms with Gasteiger partial charge >= 0.3 is 19.8 Å².